The molecule has 0 aliphatic rings. The van der Waals surface area contributed by atoms with Gasteiger partial charge in [-0.1, -0.05) is 62.2 Å². The number of alkyl halides is 2. The van der Waals surface area contributed by atoms with E-state index in [4.69, 9.17) is 4.74 Å². The van der Waals surface area contributed by atoms with Crippen LogP contribution in [-0.4, -0.2) is 9.84 Å². The molecule has 1 aromatic carbocycles. The first-order valence-electron chi connectivity index (χ1n) is 4.14. The Bertz CT molecular complexity index is 236. The molecule has 0 spiro atoms. The molecule has 1 unspecified atom stereocenters. The summed E-state index contributed by atoms with van der Waals surface area (Å²) in [5.74, 6) is 0. The molecule has 3 heteroatoms. The van der Waals surface area contributed by atoms with Crippen LogP contribution in [0.1, 0.15) is 12.5 Å². The van der Waals surface area contributed by atoms with E-state index in [1.165, 1.54) is 5.56 Å². The third-order valence-corrected chi connectivity index (χ3v) is 3.20. The van der Waals surface area contributed by atoms with Crippen molar-refractivity contribution < 1.29 is 4.74 Å². The van der Waals surface area contributed by atoms with Crippen LogP contribution in [0, 0.1) is 0 Å². The van der Waals surface area contributed by atoms with Gasteiger partial charge in [0.05, 0.1) is 16.4 Å². The van der Waals surface area contributed by atoms with Gasteiger partial charge in [-0.3, -0.25) is 0 Å². The Kier molecular flexibility index (Phi) is 4.99. The van der Waals surface area contributed by atoms with Crippen molar-refractivity contribution in [1.29, 1.82) is 0 Å². The minimum absolute atomic E-state index is 0.167. The summed E-state index contributed by atoms with van der Waals surface area (Å²) in [5.41, 5.74) is 1.20. The summed E-state index contributed by atoms with van der Waals surface area (Å²) in [6.07, 6.45) is 0.167. The van der Waals surface area contributed by atoms with Gasteiger partial charge < -0.3 is 4.74 Å². The number of hydrogen-bond donors (Lipinski definition) is 0. The molecule has 0 aromatic heterocycles. The third-order valence-electron chi connectivity index (χ3n) is 1.71. The number of rotatable bonds is 4. The van der Waals surface area contributed by atoms with Gasteiger partial charge in [0.2, 0.25) is 0 Å². The van der Waals surface area contributed by atoms with Crippen LogP contribution in [0.15, 0.2) is 30.3 Å². The quantitative estimate of drug-likeness (QED) is 0.771. The fourth-order valence-electron chi connectivity index (χ4n) is 0.875. The topological polar surface area (TPSA) is 9.23 Å². The maximum atomic E-state index is 5.60. The Hall–Kier alpha value is 0.140. The minimum Gasteiger partial charge on any atom is -0.372 e. The van der Waals surface area contributed by atoms with Crippen LogP contribution in [0.3, 0.4) is 0 Å². The first kappa shape index (κ1) is 11.2. The molecule has 0 heterocycles. The third kappa shape index (κ3) is 4.25. The van der Waals surface area contributed by atoms with Gasteiger partial charge >= 0.3 is 0 Å². The van der Waals surface area contributed by atoms with Crippen LogP contribution in [0.25, 0.3) is 0 Å². The zero-order valence-corrected chi connectivity index (χ0v) is 10.6. The summed E-state index contributed by atoms with van der Waals surface area (Å²) in [6, 6.07) is 10.2. The first-order valence-corrected chi connectivity index (χ1v) is 5.97. The molecular weight excluding hydrogens is 296 g/mol. The smallest absolute Gasteiger partial charge is 0.0956 e. The zero-order chi connectivity index (χ0) is 9.68. The Balaban J connectivity index is 2.35. The van der Waals surface area contributed by atoms with Crippen LogP contribution in [0.2, 0.25) is 0 Å². The summed E-state index contributed by atoms with van der Waals surface area (Å²) < 4.78 is 5.81. The molecule has 0 N–H and O–H groups in total. The van der Waals surface area contributed by atoms with E-state index in [2.05, 4.69) is 44.0 Å². The minimum atomic E-state index is 0.167. The maximum Gasteiger partial charge on any atom is 0.0956 e. The predicted molar refractivity (Wildman–Crippen MR) is 62.3 cm³/mol. The zero-order valence-electron chi connectivity index (χ0n) is 7.41. The Morgan fingerprint density at radius 2 is 1.85 bits per heavy atom. The molecule has 0 amide bonds. The second-order valence-electron chi connectivity index (χ2n) is 2.84. The highest BCUT2D eigenvalue weighted by atomic mass is 79.9. The lowest BCUT2D eigenvalue weighted by Crippen LogP contribution is -2.14. The monoisotopic (exact) mass is 306 g/mol. The molecule has 1 rings (SSSR count). The molecule has 13 heavy (non-hydrogen) atoms. The van der Waals surface area contributed by atoms with Crippen LogP contribution < -0.4 is 0 Å². The van der Waals surface area contributed by atoms with Gasteiger partial charge in [-0.25, -0.2) is 0 Å². The Morgan fingerprint density at radius 3 is 2.38 bits per heavy atom. The molecule has 0 bridgehead atoms. The number of benzene rings is 1. The largest absolute Gasteiger partial charge is 0.372 e. The Morgan fingerprint density at radius 1 is 1.23 bits per heavy atom. The van der Waals surface area contributed by atoms with E-state index in [9.17, 15) is 0 Å². The van der Waals surface area contributed by atoms with Gasteiger partial charge in [0.25, 0.3) is 0 Å². The highest BCUT2D eigenvalue weighted by Crippen LogP contribution is 2.17. The van der Waals surface area contributed by atoms with Crippen LogP contribution in [0.4, 0.5) is 0 Å². The molecule has 0 saturated heterocycles. The number of hydrogen-bond acceptors (Lipinski definition) is 1. The van der Waals surface area contributed by atoms with Gasteiger partial charge in [0.1, 0.15) is 0 Å². The van der Waals surface area contributed by atoms with Gasteiger partial charge in [0.15, 0.2) is 0 Å². The van der Waals surface area contributed by atoms with E-state index in [0.29, 0.717) is 6.61 Å². The lowest BCUT2D eigenvalue weighted by molar-refractivity contribution is 0.0657. The molecule has 72 valence electrons. The first-order chi connectivity index (χ1) is 6.20. The number of ether oxygens (including phenoxy) is 1. The van der Waals surface area contributed by atoms with E-state index >= 15 is 0 Å². The van der Waals surface area contributed by atoms with Crippen molar-refractivity contribution in [2.24, 2.45) is 0 Å². The predicted octanol–water partition coefficient (Wildman–Crippen LogP) is 3.71. The van der Waals surface area contributed by atoms with Gasteiger partial charge in [-0.2, -0.15) is 0 Å². The van der Waals surface area contributed by atoms with Crippen LogP contribution in [-0.2, 0) is 11.3 Å². The van der Waals surface area contributed by atoms with Crippen molar-refractivity contribution in [1.82, 2.24) is 0 Å². The fraction of sp³-hybridized carbons (Fsp3) is 0.400. The van der Waals surface area contributed by atoms with E-state index in [-0.39, 0.29) is 9.84 Å². The lowest BCUT2D eigenvalue weighted by atomic mass is 10.2. The number of halogens is 2. The van der Waals surface area contributed by atoms with Crippen molar-refractivity contribution in [2.75, 3.05) is 0 Å². The van der Waals surface area contributed by atoms with E-state index in [0.717, 1.165) is 0 Å². The second kappa shape index (κ2) is 5.78. The Labute approximate surface area is 95.7 Å². The summed E-state index contributed by atoms with van der Waals surface area (Å²) in [6.45, 7) is 2.69. The molecular formula is C10H12Br2O. The van der Waals surface area contributed by atoms with Crippen molar-refractivity contribution >= 4 is 31.9 Å². The van der Waals surface area contributed by atoms with Gasteiger partial charge in [0, 0.05) is 0 Å². The molecule has 1 atom stereocenters. The highest BCUT2D eigenvalue weighted by molar-refractivity contribution is 9.24. The van der Waals surface area contributed by atoms with Crippen LogP contribution >= 0.6 is 31.9 Å². The van der Waals surface area contributed by atoms with E-state index in [1.54, 1.807) is 0 Å². The van der Waals surface area contributed by atoms with Crippen molar-refractivity contribution in [3.05, 3.63) is 35.9 Å². The van der Waals surface area contributed by atoms with Crippen LogP contribution in [0.5, 0.6) is 0 Å². The fourth-order valence-corrected chi connectivity index (χ4v) is 1.18. The second-order valence-corrected chi connectivity index (χ2v) is 6.04. The molecule has 1 aromatic rings. The summed E-state index contributed by atoms with van der Waals surface area (Å²) in [5, 5.41) is 0. The molecule has 0 fully saturated rings. The van der Waals surface area contributed by atoms with E-state index in [1.807, 2.05) is 25.1 Å². The summed E-state index contributed by atoms with van der Waals surface area (Å²) in [4.78, 5) is 0. The van der Waals surface area contributed by atoms with E-state index < -0.39 is 0 Å². The SMILES string of the molecule is CC(OCc1ccccc1)C(Br)Br. The van der Waals surface area contributed by atoms with Crippen molar-refractivity contribution in [3.8, 4) is 0 Å². The molecule has 0 saturated carbocycles. The lowest BCUT2D eigenvalue weighted by Gasteiger charge is -2.13. The highest BCUT2D eigenvalue weighted by Gasteiger charge is 2.09. The molecule has 0 radical (unpaired) electrons. The van der Waals surface area contributed by atoms with Crippen molar-refractivity contribution in [3.63, 3.8) is 0 Å². The molecule has 1 nitrogen and oxygen atoms in total. The normalized spacial score (nSPS) is 13.2. The summed E-state index contributed by atoms with van der Waals surface area (Å²) in [7, 11) is 0. The molecule has 0 aliphatic carbocycles. The average molecular weight is 308 g/mol. The molecule has 0 aliphatic heterocycles. The maximum absolute atomic E-state index is 5.60. The van der Waals surface area contributed by atoms with Crippen molar-refractivity contribution in [2.45, 2.75) is 23.4 Å². The standard InChI is InChI=1S/C10H12Br2O/c1-8(10(11)12)13-7-9-5-3-2-4-6-9/h2-6,8,10H,7H2,1H3. The van der Waals surface area contributed by atoms with Gasteiger partial charge in [-0.15, -0.1) is 0 Å². The average Bonchev–Trinajstić information content (AvgIpc) is 2.15. The summed E-state index contributed by atoms with van der Waals surface area (Å²) >= 11 is 6.81. The van der Waals surface area contributed by atoms with Gasteiger partial charge in [-0.05, 0) is 12.5 Å².